The fourth-order valence-electron chi connectivity index (χ4n) is 3.97. The van der Waals surface area contributed by atoms with E-state index in [-0.39, 0.29) is 11.4 Å². The van der Waals surface area contributed by atoms with E-state index < -0.39 is 0 Å². The smallest absolute Gasteiger partial charge is 0.251 e. The van der Waals surface area contributed by atoms with Crippen LogP contribution >= 0.6 is 0 Å². The van der Waals surface area contributed by atoms with E-state index in [4.69, 9.17) is 0 Å². The fourth-order valence-corrected chi connectivity index (χ4v) is 3.97. The molecular formula is C24H29N3O. The Hall–Kier alpha value is -2.64. The molecular weight excluding hydrogens is 346 g/mol. The molecule has 1 aliphatic rings. The standard InChI is InChI=1S/C24H29N3O/c1-18-9-8-14-27(16-18)24(2,3)17-26-23(28)22-13-7-6-12-21(22)20-11-5-4-10-19(20)15-25/h4-7,10-13,18H,8-9,14,16-17H2,1-3H3,(H,26,28). The summed E-state index contributed by atoms with van der Waals surface area (Å²) in [7, 11) is 0. The quantitative estimate of drug-likeness (QED) is 0.839. The van der Waals surface area contributed by atoms with Crippen molar-refractivity contribution in [1.29, 1.82) is 5.26 Å². The maximum absolute atomic E-state index is 13.0. The summed E-state index contributed by atoms with van der Waals surface area (Å²) in [5.41, 5.74) is 2.67. The molecule has 0 bridgehead atoms. The van der Waals surface area contributed by atoms with Crippen molar-refractivity contribution in [2.45, 2.75) is 39.2 Å². The van der Waals surface area contributed by atoms with E-state index in [1.54, 1.807) is 6.07 Å². The van der Waals surface area contributed by atoms with E-state index in [1.807, 2.05) is 42.5 Å². The van der Waals surface area contributed by atoms with Crippen molar-refractivity contribution < 1.29 is 4.79 Å². The van der Waals surface area contributed by atoms with E-state index in [0.29, 0.717) is 23.6 Å². The number of hydrogen-bond donors (Lipinski definition) is 1. The SMILES string of the molecule is CC1CCCN(C(C)(C)CNC(=O)c2ccccc2-c2ccccc2C#N)C1. The van der Waals surface area contributed by atoms with Gasteiger partial charge in [-0.2, -0.15) is 5.26 Å². The van der Waals surface area contributed by atoms with Crippen LogP contribution in [0.5, 0.6) is 0 Å². The maximum Gasteiger partial charge on any atom is 0.251 e. The van der Waals surface area contributed by atoms with E-state index in [2.05, 4.69) is 37.1 Å². The van der Waals surface area contributed by atoms with Gasteiger partial charge in [0.05, 0.1) is 11.6 Å². The number of hydrogen-bond acceptors (Lipinski definition) is 3. The van der Waals surface area contributed by atoms with Crippen molar-refractivity contribution in [2.75, 3.05) is 19.6 Å². The molecule has 1 heterocycles. The van der Waals surface area contributed by atoms with Gasteiger partial charge in [-0.1, -0.05) is 43.3 Å². The van der Waals surface area contributed by atoms with Gasteiger partial charge in [0.15, 0.2) is 0 Å². The predicted octanol–water partition coefficient (Wildman–Crippen LogP) is 4.47. The van der Waals surface area contributed by atoms with Crippen LogP contribution in [0, 0.1) is 17.2 Å². The molecule has 2 aromatic rings. The summed E-state index contributed by atoms with van der Waals surface area (Å²) in [6.07, 6.45) is 2.50. The molecule has 1 amide bonds. The van der Waals surface area contributed by atoms with Crippen LogP contribution in [0.25, 0.3) is 11.1 Å². The minimum absolute atomic E-state index is 0.0934. The molecule has 4 heteroatoms. The molecule has 0 aromatic heterocycles. The predicted molar refractivity (Wildman–Crippen MR) is 113 cm³/mol. The molecule has 1 unspecified atom stereocenters. The van der Waals surface area contributed by atoms with E-state index in [0.717, 1.165) is 24.2 Å². The molecule has 28 heavy (non-hydrogen) atoms. The zero-order valence-electron chi connectivity index (χ0n) is 17.0. The van der Waals surface area contributed by atoms with Crippen LogP contribution in [0.4, 0.5) is 0 Å². The molecule has 4 nitrogen and oxygen atoms in total. The zero-order chi connectivity index (χ0) is 20.1. The molecule has 0 radical (unpaired) electrons. The van der Waals surface area contributed by atoms with Gasteiger partial charge in [0.2, 0.25) is 0 Å². The lowest BCUT2D eigenvalue weighted by Crippen LogP contribution is -2.54. The Morgan fingerprint density at radius 2 is 1.86 bits per heavy atom. The minimum atomic E-state index is -0.0959. The largest absolute Gasteiger partial charge is 0.350 e. The molecule has 1 fully saturated rings. The summed E-state index contributed by atoms with van der Waals surface area (Å²) in [5, 5.41) is 12.6. The molecule has 0 saturated carbocycles. The van der Waals surface area contributed by atoms with Crippen molar-refractivity contribution in [2.24, 2.45) is 5.92 Å². The van der Waals surface area contributed by atoms with Crippen molar-refractivity contribution >= 4 is 5.91 Å². The number of nitriles is 1. The normalized spacial score (nSPS) is 17.7. The number of benzene rings is 2. The summed E-state index contributed by atoms with van der Waals surface area (Å²) in [6.45, 7) is 9.44. The van der Waals surface area contributed by atoms with Crippen LogP contribution in [0.15, 0.2) is 48.5 Å². The summed E-state index contributed by atoms with van der Waals surface area (Å²) in [6, 6.07) is 17.1. The molecule has 1 N–H and O–H groups in total. The number of rotatable bonds is 5. The lowest BCUT2D eigenvalue weighted by molar-refractivity contribution is 0.0657. The highest BCUT2D eigenvalue weighted by Crippen LogP contribution is 2.27. The molecule has 2 aromatic carbocycles. The van der Waals surface area contributed by atoms with Crippen molar-refractivity contribution in [3.8, 4) is 17.2 Å². The average Bonchev–Trinajstić information content (AvgIpc) is 2.72. The third kappa shape index (κ3) is 4.43. The lowest BCUT2D eigenvalue weighted by Gasteiger charge is -2.43. The van der Waals surface area contributed by atoms with E-state index in [9.17, 15) is 10.1 Å². The average molecular weight is 376 g/mol. The first-order valence-corrected chi connectivity index (χ1v) is 10.0. The van der Waals surface area contributed by atoms with Crippen LogP contribution in [-0.2, 0) is 0 Å². The van der Waals surface area contributed by atoms with Gasteiger partial charge in [-0.15, -0.1) is 0 Å². The third-order valence-corrected chi connectivity index (χ3v) is 5.70. The topological polar surface area (TPSA) is 56.1 Å². The van der Waals surface area contributed by atoms with Gasteiger partial charge in [-0.25, -0.2) is 0 Å². The molecule has 3 rings (SSSR count). The highest BCUT2D eigenvalue weighted by atomic mass is 16.1. The Morgan fingerprint density at radius 3 is 2.57 bits per heavy atom. The first kappa shape index (κ1) is 20.1. The first-order valence-electron chi connectivity index (χ1n) is 10.0. The molecule has 1 aliphatic heterocycles. The number of carbonyl (C=O) groups is 1. The Bertz CT molecular complexity index is 881. The monoisotopic (exact) mass is 375 g/mol. The number of nitrogens with zero attached hydrogens (tertiary/aromatic N) is 2. The number of nitrogens with one attached hydrogen (secondary N) is 1. The highest BCUT2D eigenvalue weighted by molar-refractivity contribution is 6.01. The molecule has 1 atom stereocenters. The molecule has 0 spiro atoms. The molecule has 1 saturated heterocycles. The second-order valence-corrected chi connectivity index (χ2v) is 8.39. The summed E-state index contributed by atoms with van der Waals surface area (Å²) >= 11 is 0. The number of carbonyl (C=O) groups excluding carboxylic acids is 1. The highest BCUT2D eigenvalue weighted by Gasteiger charge is 2.30. The van der Waals surface area contributed by atoms with Gasteiger partial charge >= 0.3 is 0 Å². The Kier molecular flexibility index (Phi) is 6.16. The van der Waals surface area contributed by atoms with Gasteiger partial charge in [-0.3, -0.25) is 9.69 Å². The number of amides is 1. The van der Waals surface area contributed by atoms with Gasteiger partial charge in [-0.05, 0) is 56.8 Å². The Morgan fingerprint density at radius 1 is 1.18 bits per heavy atom. The van der Waals surface area contributed by atoms with Gasteiger partial charge in [0.1, 0.15) is 0 Å². The second kappa shape index (κ2) is 8.58. The van der Waals surface area contributed by atoms with Crippen LogP contribution < -0.4 is 5.32 Å². The maximum atomic E-state index is 13.0. The van der Waals surface area contributed by atoms with Gasteiger partial charge in [0.25, 0.3) is 5.91 Å². The summed E-state index contributed by atoms with van der Waals surface area (Å²) < 4.78 is 0. The van der Waals surface area contributed by atoms with E-state index in [1.165, 1.54) is 12.8 Å². The van der Waals surface area contributed by atoms with Gasteiger partial charge in [0, 0.05) is 29.8 Å². The van der Waals surface area contributed by atoms with Crippen molar-refractivity contribution in [1.82, 2.24) is 10.2 Å². The van der Waals surface area contributed by atoms with E-state index >= 15 is 0 Å². The van der Waals surface area contributed by atoms with Crippen LogP contribution in [0.2, 0.25) is 0 Å². The number of piperidine rings is 1. The summed E-state index contributed by atoms with van der Waals surface area (Å²) in [5.74, 6) is 0.605. The van der Waals surface area contributed by atoms with Crippen molar-refractivity contribution in [3.63, 3.8) is 0 Å². The Labute approximate surface area is 168 Å². The van der Waals surface area contributed by atoms with Gasteiger partial charge < -0.3 is 5.32 Å². The van der Waals surface area contributed by atoms with Crippen LogP contribution in [0.3, 0.4) is 0 Å². The third-order valence-electron chi connectivity index (χ3n) is 5.70. The number of likely N-dealkylation sites (tertiary alicyclic amines) is 1. The molecule has 0 aliphatic carbocycles. The zero-order valence-corrected chi connectivity index (χ0v) is 17.0. The lowest BCUT2D eigenvalue weighted by atomic mass is 9.93. The fraction of sp³-hybridized carbons (Fsp3) is 0.417. The second-order valence-electron chi connectivity index (χ2n) is 8.39. The Balaban J connectivity index is 1.78. The molecule has 146 valence electrons. The van der Waals surface area contributed by atoms with Crippen LogP contribution in [-0.4, -0.2) is 36.0 Å². The minimum Gasteiger partial charge on any atom is -0.350 e. The van der Waals surface area contributed by atoms with Crippen molar-refractivity contribution in [3.05, 3.63) is 59.7 Å². The summed E-state index contributed by atoms with van der Waals surface area (Å²) in [4.78, 5) is 15.5. The van der Waals surface area contributed by atoms with Crippen LogP contribution in [0.1, 0.15) is 49.5 Å². The first-order chi connectivity index (χ1) is 13.4.